The highest BCUT2D eigenvalue weighted by Crippen LogP contribution is 2.24. The fraction of sp³-hybridized carbons (Fsp3) is 0.750. The van der Waals surface area contributed by atoms with Crippen LogP contribution in [0.25, 0.3) is 0 Å². The lowest BCUT2D eigenvalue weighted by Gasteiger charge is -2.42. The molecule has 11 heteroatoms. The van der Waals surface area contributed by atoms with E-state index < -0.39 is 11.9 Å². The summed E-state index contributed by atoms with van der Waals surface area (Å²) >= 11 is 0. The summed E-state index contributed by atoms with van der Waals surface area (Å²) in [6.07, 6.45) is 5.96. The van der Waals surface area contributed by atoms with E-state index in [2.05, 4.69) is 15.3 Å². The number of aromatic nitrogens is 2. The first-order chi connectivity index (χ1) is 16.9. The molecule has 35 heavy (non-hydrogen) atoms. The molecule has 0 aromatic carbocycles. The zero-order valence-electron chi connectivity index (χ0n) is 20.5. The molecule has 4 heterocycles. The SMILES string of the molecule is CC(C)OC(=O)N1CCC[C@@H](NC(=O)[C@@H]2CCCO2)[C@H]1COC1CCN(c2ncc(F)cn2)CC1. The lowest BCUT2D eigenvalue weighted by molar-refractivity contribution is -0.132. The quantitative estimate of drug-likeness (QED) is 0.617. The summed E-state index contributed by atoms with van der Waals surface area (Å²) in [7, 11) is 0. The van der Waals surface area contributed by atoms with E-state index in [1.165, 1.54) is 12.4 Å². The van der Waals surface area contributed by atoms with Gasteiger partial charge in [0.1, 0.15) is 6.10 Å². The third kappa shape index (κ3) is 6.78. The van der Waals surface area contributed by atoms with Crippen molar-refractivity contribution in [2.75, 3.05) is 37.7 Å². The molecule has 0 radical (unpaired) electrons. The first-order valence-corrected chi connectivity index (χ1v) is 12.6. The van der Waals surface area contributed by atoms with Crippen LogP contribution >= 0.6 is 0 Å². The Labute approximate surface area is 205 Å². The van der Waals surface area contributed by atoms with Gasteiger partial charge in [0.25, 0.3) is 0 Å². The van der Waals surface area contributed by atoms with E-state index in [0.29, 0.717) is 38.8 Å². The van der Waals surface area contributed by atoms with Gasteiger partial charge >= 0.3 is 6.09 Å². The Bertz CT molecular complexity index is 843. The minimum atomic E-state index is -0.457. The Morgan fingerprint density at radius 2 is 1.89 bits per heavy atom. The molecule has 3 aliphatic heterocycles. The molecular formula is C24H36FN5O5. The number of halogens is 1. The van der Waals surface area contributed by atoms with Crippen LogP contribution in [0, 0.1) is 5.82 Å². The van der Waals surface area contributed by atoms with Gasteiger partial charge in [-0.3, -0.25) is 4.79 Å². The van der Waals surface area contributed by atoms with Gasteiger partial charge in [-0.05, 0) is 52.4 Å². The Balaban J connectivity index is 1.36. The van der Waals surface area contributed by atoms with Gasteiger partial charge in [-0.2, -0.15) is 0 Å². The maximum absolute atomic E-state index is 13.1. The second-order valence-electron chi connectivity index (χ2n) is 9.67. The van der Waals surface area contributed by atoms with Crippen molar-refractivity contribution in [1.82, 2.24) is 20.2 Å². The Hall–Kier alpha value is -2.53. The predicted molar refractivity (Wildman–Crippen MR) is 125 cm³/mol. The summed E-state index contributed by atoms with van der Waals surface area (Å²) in [5.41, 5.74) is 0. The molecule has 0 unspecified atom stereocenters. The molecule has 10 nitrogen and oxygen atoms in total. The molecule has 3 aliphatic rings. The van der Waals surface area contributed by atoms with Crippen LogP contribution in [0.3, 0.4) is 0 Å². The van der Waals surface area contributed by atoms with E-state index in [0.717, 1.165) is 38.5 Å². The van der Waals surface area contributed by atoms with Crippen LogP contribution in [-0.2, 0) is 19.0 Å². The third-order valence-corrected chi connectivity index (χ3v) is 6.73. The average molecular weight is 494 g/mol. The highest BCUT2D eigenvalue weighted by atomic mass is 19.1. The maximum Gasteiger partial charge on any atom is 0.410 e. The minimum absolute atomic E-state index is 0.00566. The van der Waals surface area contributed by atoms with E-state index in [4.69, 9.17) is 14.2 Å². The first-order valence-electron chi connectivity index (χ1n) is 12.6. The van der Waals surface area contributed by atoms with Crippen LogP contribution in [-0.4, -0.2) is 90.1 Å². The van der Waals surface area contributed by atoms with E-state index >= 15 is 0 Å². The Kier molecular flexibility index (Phi) is 8.72. The van der Waals surface area contributed by atoms with Gasteiger partial charge in [-0.15, -0.1) is 0 Å². The molecule has 194 valence electrons. The number of likely N-dealkylation sites (tertiary alicyclic amines) is 1. The molecule has 0 aliphatic carbocycles. The molecule has 2 amide bonds. The van der Waals surface area contributed by atoms with Crippen molar-refractivity contribution in [3.8, 4) is 0 Å². The normalized spacial score (nSPS) is 25.7. The number of hydrogen-bond acceptors (Lipinski definition) is 8. The lowest BCUT2D eigenvalue weighted by Crippen LogP contribution is -2.60. The van der Waals surface area contributed by atoms with Crippen molar-refractivity contribution in [2.24, 2.45) is 0 Å². The van der Waals surface area contributed by atoms with Gasteiger partial charge in [0.15, 0.2) is 5.82 Å². The molecule has 4 rings (SSSR count). The zero-order valence-corrected chi connectivity index (χ0v) is 20.5. The summed E-state index contributed by atoms with van der Waals surface area (Å²) in [6, 6.07) is -0.549. The average Bonchev–Trinajstić information content (AvgIpc) is 3.39. The van der Waals surface area contributed by atoms with Crippen LogP contribution in [0.5, 0.6) is 0 Å². The summed E-state index contributed by atoms with van der Waals surface area (Å²) in [6.45, 7) is 6.50. The number of ether oxygens (including phenoxy) is 3. The highest BCUT2D eigenvalue weighted by molar-refractivity contribution is 5.81. The van der Waals surface area contributed by atoms with Crippen molar-refractivity contribution in [2.45, 2.75) is 82.8 Å². The summed E-state index contributed by atoms with van der Waals surface area (Å²) in [5.74, 6) is -0.0676. The van der Waals surface area contributed by atoms with Crippen LogP contribution in [0.4, 0.5) is 15.1 Å². The van der Waals surface area contributed by atoms with Crippen molar-refractivity contribution in [3.05, 3.63) is 18.2 Å². The monoisotopic (exact) mass is 493 g/mol. The fourth-order valence-electron chi connectivity index (χ4n) is 4.91. The van der Waals surface area contributed by atoms with Crippen molar-refractivity contribution in [3.63, 3.8) is 0 Å². The van der Waals surface area contributed by atoms with Crippen LogP contribution in [0.1, 0.15) is 52.4 Å². The number of amides is 2. The molecule has 1 aromatic heterocycles. The molecular weight excluding hydrogens is 457 g/mol. The number of nitrogens with zero attached hydrogens (tertiary/aromatic N) is 4. The van der Waals surface area contributed by atoms with E-state index in [-0.39, 0.29) is 36.3 Å². The standard InChI is InChI=1S/C24H36FN5O5/c1-16(2)35-24(32)30-9-3-5-19(28-22(31)21-6-4-12-33-21)20(30)15-34-18-7-10-29(11-8-18)23-26-13-17(25)14-27-23/h13-14,16,18-21H,3-12,15H2,1-2H3,(H,28,31)/t19-,20-,21+/m1/s1. The van der Waals surface area contributed by atoms with Crippen LogP contribution in [0.2, 0.25) is 0 Å². The number of carbonyl (C=O) groups is 2. The topological polar surface area (TPSA) is 106 Å². The van der Waals surface area contributed by atoms with Gasteiger partial charge in [-0.1, -0.05) is 0 Å². The van der Waals surface area contributed by atoms with Crippen molar-refractivity contribution < 1.29 is 28.2 Å². The molecule has 0 bridgehead atoms. The van der Waals surface area contributed by atoms with Gasteiger partial charge in [0.05, 0.1) is 43.3 Å². The van der Waals surface area contributed by atoms with Crippen LogP contribution < -0.4 is 10.2 Å². The molecule has 3 fully saturated rings. The summed E-state index contributed by atoms with van der Waals surface area (Å²) in [4.78, 5) is 37.4. The number of anilines is 1. The number of piperidine rings is 2. The maximum atomic E-state index is 13.1. The fourth-order valence-corrected chi connectivity index (χ4v) is 4.91. The van der Waals surface area contributed by atoms with Gasteiger partial charge < -0.3 is 29.3 Å². The Morgan fingerprint density at radius 1 is 1.14 bits per heavy atom. The van der Waals surface area contributed by atoms with Gasteiger partial charge in [0, 0.05) is 26.2 Å². The third-order valence-electron chi connectivity index (χ3n) is 6.73. The predicted octanol–water partition coefficient (Wildman–Crippen LogP) is 2.27. The first kappa shape index (κ1) is 25.6. The van der Waals surface area contributed by atoms with E-state index in [1.54, 1.807) is 4.90 Å². The number of hydrogen-bond donors (Lipinski definition) is 1. The lowest BCUT2D eigenvalue weighted by atomic mass is 9.96. The minimum Gasteiger partial charge on any atom is -0.447 e. The molecule has 1 N–H and O–H groups in total. The summed E-state index contributed by atoms with van der Waals surface area (Å²) in [5, 5.41) is 3.12. The number of carbonyl (C=O) groups excluding carboxylic acids is 2. The molecule has 0 saturated carbocycles. The zero-order chi connectivity index (χ0) is 24.8. The van der Waals surface area contributed by atoms with Crippen molar-refractivity contribution in [1.29, 1.82) is 0 Å². The van der Waals surface area contributed by atoms with Gasteiger partial charge in [0.2, 0.25) is 11.9 Å². The number of rotatable bonds is 7. The second kappa shape index (κ2) is 11.9. The highest BCUT2D eigenvalue weighted by Gasteiger charge is 2.38. The largest absolute Gasteiger partial charge is 0.447 e. The van der Waals surface area contributed by atoms with Crippen molar-refractivity contribution >= 4 is 17.9 Å². The van der Waals surface area contributed by atoms with Crippen LogP contribution in [0.15, 0.2) is 12.4 Å². The van der Waals surface area contributed by atoms with Gasteiger partial charge in [-0.25, -0.2) is 19.2 Å². The van der Waals surface area contributed by atoms with E-state index in [1.807, 2.05) is 18.7 Å². The molecule has 1 aromatic rings. The smallest absolute Gasteiger partial charge is 0.410 e. The Morgan fingerprint density at radius 3 is 2.54 bits per heavy atom. The molecule has 3 atom stereocenters. The molecule has 0 spiro atoms. The van der Waals surface area contributed by atoms with E-state index in [9.17, 15) is 14.0 Å². The second-order valence-corrected chi connectivity index (χ2v) is 9.67. The number of nitrogens with one attached hydrogen (secondary N) is 1. The molecule has 3 saturated heterocycles. The summed E-state index contributed by atoms with van der Waals surface area (Å²) < 4.78 is 30.4.